The molecule has 1 aliphatic carbocycles. The minimum Gasteiger partial charge on any atom is -0.272 e. The standard InChI is InChI=1S/C15H16ClF2N3/c1-9-2-3-12(15(16)20-9)11-6-19-21(8-11)7-10-4-13(17)14(18)5-10/h2-3,6,8,10,13-14H,4-5,7H2,1H3/t13-,14-/m0/s1. The molecule has 2 aromatic heterocycles. The van der Waals surface area contributed by atoms with Crippen LogP contribution in [0.15, 0.2) is 24.5 Å². The normalized spacial score (nSPS) is 22.9. The van der Waals surface area contributed by atoms with Gasteiger partial charge in [-0.15, -0.1) is 0 Å². The maximum Gasteiger partial charge on any atom is 0.137 e. The van der Waals surface area contributed by atoms with Crippen molar-refractivity contribution in [3.8, 4) is 11.1 Å². The van der Waals surface area contributed by atoms with Gasteiger partial charge in [0.15, 0.2) is 0 Å². The maximum atomic E-state index is 13.2. The van der Waals surface area contributed by atoms with Crippen LogP contribution in [0.4, 0.5) is 8.78 Å². The Hall–Kier alpha value is -1.49. The molecule has 0 spiro atoms. The quantitative estimate of drug-likeness (QED) is 0.802. The molecule has 112 valence electrons. The van der Waals surface area contributed by atoms with E-state index in [0.717, 1.165) is 16.8 Å². The molecule has 2 heterocycles. The van der Waals surface area contributed by atoms with Gasteiger partial charge in [-0.1, -0.05) is 11.6 Å². The highest BCUT2D eigenvalue weighted by molar-refractivity contribution is 6.32. The van der Waals surface area contributed by atoms with Gasteiger partial charge in [0.1, 0.15) is 17.5 Å². The summed E-state index contributed by atoms with van der Waals surface area (Å²) in [4.78, 5) is 4.21. The Kier molecular flexibility index (Phi) is 3.93. The van der Waals surface area contributed by atoms with Crippen LogP contribution >= 0.6 is 11.6 Å². The molecule has 0 amide bonds. The first-order chi connectivity index (χ1) is 10.0. The van der Waals surface area contributed by atoms with Gasteiger partial charge in [0.25, 0.3) is 0 Å². The molecular formula is C15H16ClF2N3. The second-order valence-electron chi connectivity index (χ2n) is 5.61. The minimum atomic E-state index is -1.33. The number of rotatable bonds is 3. The van der Waals surface area contributed by atoms with Gasteiger partial charge in [0.2, 0.25) is 0 Å². The van der Waals surface area contributed by atoms with Crippen molar-refractivity contribution in [2.24, 2.45) is 5.92 Å². The summed E-state index contributed by atoms with van der Waals surface area (Å²) in [5.41, 5.74) is 2.52. The third kappa shape index (κ3) is 3.07. The fraction of sp³-hybridized carbons (Fsp3) is 0.467. The summed E-state index contributed by atoms with van der Waals surface area (Å²) in [7, 11) is 0. The Morgan fingerprint density at radius 1 is 1.29 bits per heavy atom. The zero-order chi connectivity index (χ0) is 15.0. The average molecular weight is 312 g/mol. The van der Waals surface area contributed by atoms with E-state index in [1.54, 1.807) is 10.9 Å². The van der Waals surface area contributed by atoms with Crippen LogP contribution in [0.3, 0.4) is 0 Å². The van der Waals surface area contributed by atoms with Crippen LogP contribution in [0, 0.1) is 12.8 Å². The summed E-state index contributed by atoms with van der Waals surface area (Å²) in [6.07, 6.45) is 1.41. The number of hydrogen-bond acceptors (Lipinski definition) is 2. The molecule has 1 saturated carbocycles. The summed E-state index contributed by atoms with van der Waals surface area (Å²) in [5.74, 6) is -0.00522. The zero-order valence-electron chi connectivity index (χ0n) is 11.6. The van der Waals surface area contributed by atoms with E-state index in [1.807, 2.05) is 25.3 Å². The number of aromatic nitrogens is 3. The molecule has 3 rings (SSSR count). The molecule has 2 atom stereocenters. The summed E-state index contributed by atoms with van der Waals surface area (Å²) in [6, 6.07) is 3.79. The molecule has 1 fully saturated rings. The molecule has 0 aliphatic heterocycles. The molecular weight excluding hydrogens is 296 g/mol. The summed E-state index contributed by atoms with van der Waals surface area (Å²) >= 11 is 6.13. The SMILES string of the molecule is Cc1ccc(-c2cnn(CC3C[C@H](F)[C@@H](F)C3)c2)c(Cl)n1. The molecule has 3 nitrogen and oxygen atoms in total. The summed E-state index contributed by atoms with van der Waals surface area (Å²) < 4.78 is 28.1. The van der Waals surface area contributed by atoms with E-state index >= 15 is 0 Å². The van der Waals surface area contributed by atoms with E-state index in [9.17, 15) is 8.78 Å². The van der Waals surface area contributed by atoms with Gasteiger partial charge in [0.05, 0.1) is 6.20 Å². The van der Waals surface area contributed by atoms with Crippen molar-refractivity contribution in [1.82, 2.24) is 14.8 Å². The second-order valence-corrected chi connectivity index (χ2v) is 5.97. The van der Waals surface area contributed by atoms with Gasteiger partial charge in [-0.2, -0.15) is 5.10 Å². The van der Waals surface area contributed by atoms with E-state index in [4.69, 9.17) is 11.6 Å². The first-order valence-corrected chi connectivity index (χ1v) is 7.35. The van der Waals surface area contributed by atoms with E-state index in [0.29, 0.717) is 11.7 Å². The number of alkyl halides is 2. The molecule has 0 N–H and O–H groups in total. The Morgan fingerprint density at radius 3 is 2.67 bits per heavy atom. The van der Waals surface area contributed by atoms with Gasteiger partial charge >= 0.3 is 0 Å². The molecule has 0 bridgehead atoms. The molecule has 0 saturated heterocycles. The zero-order valence-corrected chi connectivity index (χ0v) is 12.4. The molecule has 1 aliphatic rings. The van der Waals surface area contributed by atoms with Crippen molar-refractivity contribution in [2.75, 3.05) is 0 Å². The number of aryl methyl sites for hydroxylation is 1. The average Bonchev–Trinajstić information content (AvgIpc) is 2.98. The van der Waals surface area contributed by atoms with Crippen LogP contribution in [0.1, 0.15) is 18.5 Å². The highest BCUT2D eigenvalue weighted by Crippen LogP contribution is 2.32. The fourth-order valence-corrected chi connectivity index (χ4v) is 3.09. The van der Waals surface area contributed by atoms with Crippen molar-refractivity contribution >= 4 is 11.6 Å². The number of halogens is 3. The molecule has 2 aromatic rings. The van der Waals surface area contributed by atoms with Gasteiger partial charge in [-0.05, 0) is 37.8 Å². The van der Waals surface area contributed by atoms with Crippen LogP contribution in [-0.4, -0.2) is 27.1 Å². The number of pyridine rings is 1. The second kappa shape index (κ2) is 5.72. The lowest BCUT2D eigenvalue weighted by atomic mass is 10.1. The van der Waals surface area contributed by atoms with E-state index in [-0.39, 0.29) is 18.8 Å². The Bertz CT molecular complexity index is 634. The lowest BCUT2D eigenvalue weighted by Gasteiger charge is -2.08. The third-order valence-corrected chi connectivity index (χ3v) is 4.18. The first-order valence-electron chi connectivity index (χ1n) is 6.97. The smallest absolute Gasteiger partial charge is 0.137 e. The summed E-state index contributed by atoms with van der Waals surface area (Å²) in [6.45, 7) is 2.40. The van der Waals surface area contributed by atoms with E-state index in [1.165, 1.54) is 0 Å². The predicted octanol–water partition coefficient (Wildman–Crippen LogP) is 3.99. The van der Waals surface area contributed by atoms with E-state index < -0.39 is 12.3 Å². The predicted molar refractivity (Wildman–Crippen MR) is 77.7 cm³/mol. The Labute approximate surface area is 126 Å². The topological polar surface area (TPSA) is 30.7 Å². The van der Waals surface area contributed by atoms with Crippen molar-refractivity contribution in [3.63, 3.8) is 0 Å². The van der Waals surface area contributed by atoms with Gasteiger partial charge < -0.3 is 0 Å². The Balaban J connectivity index is 1.74. The van der Waals surface area contributed by atoms with Crippen LogP contribution in [0.2, 0.25) is 5.15 Å². The monoisotopic (exact) mass is 311 g/mol. The molecule has 0 unspecified atom stereocenters. The van der Waals surface area contributed by atoms with Gasteiger partial charge in [0, 0.05) is 29.6 Å². The molecule has 0 radical (unpaired) electrons. The van der Waals surface area contributed by atoms with Crippen LogP contribution in [0.25, 0.3) is 11.1 Å². The molecule has 21 heavy (non-hydrogen) atoms. The van der Waals surface area contributed by atoms with Crippen molar-refractivity contribution in [1.29, 1.82) is 0 Å². The molecule has 6 heteroatoms. The fourth-order valence-electron chi connectivity index (χ4n) is 2.78. The largest absolute Gasteiger partial charge is 0.272 e. The highest BCUT2D eigenvalue weighted by Gasteiger charge is 2.34. The summed E-state index contributed by atoms with van der Waals surface area (Å²) in [5, 5.41) is 4.69. The Morgan fingerprint density at radius 2 is 2.00 bits per heavy atom. The first kappa shape index (κ1) is 14.4. The lowest BCUT2D eigenvalue weighted by Crippen LogP contribution is -2.08. The highest BCUT2D eigenvalue weighted by atomic mass is 35.5. The van der Waals surface area contributed by atoms with Crippen LogP contribution in [-0.2, 0) is 6.54 Å². The van der Waals surface area contributed by atoms with Crippen LogP contribution in [0.5, 0.6) is 0 Å². The third-order valence-electron chi connectivity index (χ3n) is 3.89. The maximum absolute atomic E-state index is 13.2. The number of nitrogens with zero attached hydrogens (tertiary/aromatic N) is 3. The molecule has 0 aromatic carbocycles. The van der Waals surface area contributed by atoms with Gasteiger partial charge in [-0.25, -0.2) is 13.8 Å². The van der Waals surface area contributed by atoms with Crippen LogP contribution < -0.4 is 0 Å². The van der Waals surface area contributed by atoms with Crippen molar-refractivity contribution < 1.29 is 8.78 Å². The van der Waals surface area contributed by atoms with Crippen molar-refractivity contribution in [3.05, 3.63) is 35.4 Å². The minimum absolute atomic E-state index is 0.00522. The lowest BCUT2D eigenvalue weighted by molar-refractivity contribution is 0.199. The van der Waals surface area contributed by atoms with Crippen molar-refractivity contribution in [2.45, 2.75) is 38.7 Å². The van der Waals surface area contributed by atoms with E-state index in [2.05, 4.69) is 10.1 Å². The van der Waals surface area contributed by atoms with Gasteiger partial charge in [-0.3, -0.25) is 4.68 Å². The number of hydrogen-bond donors (Lipinski definition) is 0.